The summed E-state index contributed by atoms with van der Waals surface area (Å²) in [5, 5.41) is 9.13. The number of aliphatic hydroxyl groups is 1. The van der Waals surface area contributed by atoms with Gasteiger partial charge in [0, 0.05) is 13.0 Å². The summed E-state index contributed by atoms with van der Waals surface area (Å²) in [5.74, 6) is -0.787. The Balaban J connectivity index is 2.42. The third kappa shape index (κ3) is 2.69. The number of likely N-dealkylation sites (tertiary alicyclic amines) is 1. The molecule has 0 aromatic carbocycles. The minimum atomic E-state index is -1.23. The van der Waals surface area contributed by atoms with E-state index in [2.05, 4.69) is 0 Å². The molecule has 2 amide bonds. The van der Waals surface area contributed by atoms with Crippen LogP contribution in [0.1, 0.15) is 19.3 Å². The molecule has 74 valence electrons. The molecule has 1 aliphatic heterocycles. The van der Waals surface area contributed by atoms with Crippen molar-refractivity contribution in [3.8, 4) is 0 Å². The van der Waals surface area contributed by atoms with Crippen LogP contribution in [0.15, 0.2) is 0 Å². The quantitative estimate of drug-likeness (QED) is 0.583. The second-order valence-corrected chi connectivity index (χ2v) is 3.22. The van der Waals surface area contributed by atoms with Gasteiger partial charge in [-0.15, -0.1) is 0 Å². The molecule has 1 aliphatic rings. The van der Waals surface area contributed by atoms with Crippen LogP contribution in [0.4, 0.5) is 0 Å². The molecule has 1 unspecified atom stereocenters. The molecule has 3 N–H and O–H groups in total. The van der Waals surface area contributed by atoms with E-state index in [1.165, 1.54) is 4.90 Å². The zero-order valence-electron chi connectivity index (χ0n) is 7.40. The topological polar surface area (TPSA) is 83.6 Å². The molecular formula is C8H14N2O3. The number of piperidine rings is 1. The lowest BCUT2D eigenvalue weighted by molar-refractivity contribution is -0.137. The molecule has 0 bridgehead atoms. The third-order valence-electron chi connectivity index (χ3n) is 2.14. The maximum atomic E-state index is 11.2. The van der Waals surface area contributed by atoms with Gasteiger partial charge in [-0.2, -0.15) is 0 Å². The van der Waals surface area contributed by atoms with Crippen LogP contribution >= 0.6 is 0 Å². The number of rotatable bonds is 3. The van der Waals surface area contributed by atoms with Gasteiger partial charge in [-0.1, -0.05) is 0 Å². The van der Waals surface area contributed by atoms with Crippen LogP contribution in [0.2, 0.25) is 0 Å². The van der Waals surface area contributed by atoms with Gasteiger partial charge in [0.2, 0.25) is 11.8 Å². The number of aliphatic hydroxyl groups excluding tert-OH is 1. The molecule has 1 fully saturated rings. The molecule has 1 heterocycles. The van der Waals surface area contributed by atoms with Crippen molar-refractivity contribution in [1.82, 2.24) is 4.90 Å². The minimum absolute atomic E-state index is 0.00782. The zero-order chi connectivity index (χ0) is 9.84. The minimum Gasteiger partial charge on any atom is -0.381 e. The predicted molar refractivity (Wildman–Crippen MR) is 45.6 cm³/mol. The van der Waals surface area contributed by atoms with Crippen molar-refractivity contribution >= 4 is 11.8 Å². The molecule has 0 aromatic rings. The summed E-state index contributed by atoms with van der Waals surface area (Å²) in [4.78, 5) is 23.2. The lowest BCUT2D eigenvalue weighted by Gasteiger charge is -2.27. The highest BCUT2D eigenvalue weighted by Gasteiger charge is 2.22. The maximum absolute atomic E-state index is 11.2. The van der Waals surface area contributed by atoms with Gasteiger partial charge in [-0.3, -0.25) is 9.59 Å². The Kier molecular flexibility index (Phi) is 3.25. The van der Waals surface area contributed by atoms with Crippen molar-refractivity contribution in [2.75, 3.05) is 13.1 Å². The van der Waals surface area contributed by atoms with Gasteiger partial charge < -0.3 is 15.7 Å². The van der Waals surface area contributed by atoms with E-state index < -0.39 is 12.0 Å². The number of β-amino-alcohol motifs (C(OH)–C–C–N with tert-alkyl or cyclic N) is 1. The first-order valence-corrected chi connectivity index (χ1v) is 4.36. The Morgan fingerprint density at radius 3 is 2.85 bits per heavy atom. The van der Waals surface area contributed by atoms with Gasteiger partial charge in [-0.05, 0) is 12.8 Å². The lowest BCUT2D eigenvalue weighted by Crippen LogP contribution is -2.44. The van der Waals surface area contributed by atoms with E-state index in [4.69, 9.17) is 10.8 Å². The number of primary amides is 1. The number of nitrogens with two attached hydrogens (primary N) is 1. The molecule has 1 rings (SSSR count). The highest BCUT2D eigenvalue weighted by atomic mass is 16.3. The monoisotopic (exact) mass is 186 g/mol. The van der Waals surface area contributed by atoms with E-state index in [0.717, 1.165) is 12.8 Å². The van der Waals surface area contributed by atoms with Crippen LogP contribution in [0.3, 0.4) is 0 Å². The van der Waals surface area contributed by atoms with E-state index in [1.54, 1.807) is 0 Å². The van der Waals surface area contributed by atoms with Crippen LogP contribution < -0.4 is 5.73 Å². The number of amides is 2. The Hall–Kier alpha value is -1.10. The largest absolute Gasteiger partial charge is 0.381 e. The van der Waals surface area contributed by atoms with Crippen molar-refractivity contribution in [1.29, 1.82) is 0 Å². The van der Waals surface area contributed by atoms with Gasteiger partial charge in [0.25, 0.3) is 0 Å². The SMILES string of the molecule is NC(=O)C(O)CN1CCCCC1=O. The first-order valence-electron chi connectivity index (χ1n) is 4.36. The summed E-state index contributed by atoms with van der Waals surface area (Å²) >= 11 is 0. The molecule has 0 aromatic heterocycles. The summed E-state index contributed by atoms with van der Waals surface area (Å²) in [5.41, 5.74) is 4.87. The first kappa shape index (κ1) is 9.98. The van der Waals surface area contributed by atoms with Crippen molar-refractivity contribution < 1.29 is 14.7 Å². The predicted octanol–water partition coefficient (Wildman–Crippen LogP) is -1.15. The summed E-state index contributed by atoms with van der Waals surface area (Å²) in [6.45, 7) is 0.650. The molecule has 1 atom stereocenters. The average Bonchev–Trinajstić information content (AvgIpc) is 2.08. The Morgan fingerprint density at radius 1 is 1.62 bits per heavy atom. The summed E-state index contributed by atoms with van der Waals surface area (Å²) in [7, 11) is 0. The van der Waals surface area contributed by atoms with Gasteiger partial charge in [0.1, 0.15) is 6.10 Å². The number of hydrogen-bond donors (Lipinski definition) is 2. The van der Waals surface area contributed by atoms with Crippen LogP contribution in [0.5, 0.6) is 0 Å². The molecule has 0 aliphatic carbocycles. The fraction of sp³-hybridized carbons (Fsp3) is 0.750. The molecule has 5 heteroatoms. The standard InChI is InChI=1S/C8H14N2O3/c9-8(13)6(11)5-10-4-2-1-3-7(10)12/h6,11H,1-5H2,(H2,9,13). The van der Waals surface area contributed by atoms with E-state index >= 15 is 0 Å². The highest BCUT2D eigenvalue weighted by molar-refractivity contribution is 5.81. The van der Waals surface area contributed by atoms with Crippen LogP contribution in [-0.2, 0) is 9.59 Å². The Morgan fingerprint density at radius 2 is 2.31 bits per heavy atom. The molecule has 1 saturated heterocycles. The Bertz CT molecular complexity index is 217. The van der Waals surface area contributed by atoms with Crippen molar-refractivity contribution in [2.24, 2.45) is 5.73 Å². The highest BCUT2D eigenvalue weighted by Crippen LogP contribution is 2.10. The van der Waals surface area contributed by atoms with Gasteiger partial charge in [-0.25, -0.2) is 0 Å². The second kappa shape index (κ2) is 4.23. The van der Waals surface area contributed by atoms with Crippen molar-refractivity contribution in [2.45, 2.75) is 25.4 Å². The fourth-order valence-corrected chi connectivity index (χ4v) is 1.35. The number of hydrogen-bond acceptors (Lipinski definition) is 3. The molecular weight excluding hydrogens is 172 g/mol. The van der Waals surface area contributed by atoms with Crippen molar-refractivity contribution in [3.05, 3.63) is 0 Å². The van der Waals surface area contributed by atoms with Crippen LogP contribution in [0, 0.1) is 0 Å². The smallest absolute Gasteiger partial charge is 0.248 e. The Labute approximate surface area is 76.5 Å². The fourth-order valence-electron chi connectivity index (χ4n) is 1.35. The zero-order valence-corrected chi connectivity index (χ0v) is 7.40. The summed E-state index contributed by atoms with van der Waals surface area (Å²) < 4.78 is 0. The van der Waals surface area contributed by atoms with Crippen LogP contribution in [-0.4, -0.2) is 41.0 Å². The third-order valence-corrected chi connectivity index (χ3v) is 2.14. The second-order valence-electron chi connectivity index (χ2n) is 3.22. The summed E-state index contributed by atoms with van der Waals surface area (Å²) in [6.07, 6.45) is 1.09. The number of carbonyl (C=O) groups excluding carboxylic acids is 2. The van der Waals surface area contributed by atoms with Gasteiger partial charge >= 0.3 is 0 Å². The van der Waals surface area contributed by atoms with Crippen molar-refractivity contribution in [3.63, 3.8) is 0 Å². The molecule has 0 radical (unpaired) electrons. The van der Waals surface area contributed by atoms with Crippen LogP contribution in [0.25, 0.3) is 0 Å². The normalized spacial score (nSPS) is 20.1. The van der Waals surface area contributed by atoms with E-state index in [0.29, 0.717) is 13.0 Å². The number of carbonyl (C=O) groups is 2. The molecule has 0 spiro atoms. The average molecular weight is 186 g/mol. The van der Waals surface area contributed by atoms with Gasteiger partial charge in [0.15, 0.2) is 0 Å². The maximum Gasteiger partial charge on any atom is 0.248 e. The molecule has 0 saturated carbocycles. The number of nitrogens with zero attached hydrogens (tertiary/aromatic N) is 1. The van der Waals surface area contributed by atoms with Gasteiger partial charge in [0.05, 0.1) is 6.54 Å². The van der Waals surface area contributed by atoms with E-state index in [9.17, 15) is 9.59 Å². The molecule has 5 nitrogen and oxygen atoms in total. The van der Waals surface area contributed by atoms with E-state index in [1.807, 2.05) is 0 Å². The first-order chi connectivity index (χ1) is 6.11. The molecule has 13 heavy (non-hydrogen) atoms. The lowest BCUT2D eigenvalue weighted by atomic mass is 10.1. The summed E-state index contributed by atoms with van der Waals surface area (Å²) in [6, 6.07) is 0. The van der Waals surface area contributed by atoms with E-state index in [-0.39, 0.29) is 12.5 Å².